The van der Waals surface area contributed by atoms with Crippen LogP contribution >= 0.6 is 12.4 Å². The molecule has 1 aromatic carbocycles. The van der Waals surface area contributed by atoms with Gasteiger partial charge in [-0.05, 0) is 30.9 Å². The van der Waals surface area contributed by atoms with Gasteiger partial charge in [0, 0.05) is 5.56 Å². The van der Waals surface area contributed by atoms with E-state index in [1.807, 2.05) is 6.07 Å². The van der Waals surface area contributed by atoms with Crippen LogP contribution in [0.25, 0.3) is 0 Å². The maximum atomic E-state index is 10.3. The normalized spacial score (nSPS) is 17.2. The standard InChI is InChI=1S/C15H23NO4.ClH/c1-18-11-8-7-10(14(19-2)15(11)20-3)12(16)13(17)9-5-4-6-9;/h7-9,12-13,17H,4-6,16H2,1-3H3;1H/t12-,13+;/m1./s1. The fraction of sp³-hybridized carbons (Fsp3) is 0.600. The molecule has 6 heteroatoms. The molecule has 1 saturated carbocycles. The van der Waals surface area contributed by atoms with Crippen molar-refractivity contribution in [3.63, 3.8) is 0 Å². The van der Waals surface area contributed by atoms with Crippen LogP contribution in [0.3, 0.4) is 0 Å². The van der Waals surface area contributed by atoms with Crippen molar-refractivity contribution < 1.29 is 19.3 Å². The summed E-state index contributed by atoms with van der Waals surface area (Å²) in [5.74, 6) is 1.89. The van der Waals surface area contributed by atoms with E-state index >= 15 is 0 Å². The highest BCUT2D eigenvalue weighted by Gasteiger charge is 2.33. The second-order valence-corrected chi connectivity index (χ2v) is 5.13. The Balaban J connectivity index is 0.00000220. The zero-order chi connectivity index (χ0) is 14.7. The van der Waals surface area contributed by atoms with Crippen LogP contribution in [0.4, 0.5) is 0 Å². The second-order valence-electron chi connectivity index (χ2n) is 5.13. The first-order valence-electron chi connectivity index (χ1n) is 6.86. The van der Waals surface area contributed by atoms with Crippen LogP contribution in [0.1, 0.15) is 30.9 Å². The smallest absolute Gasteiger partial charge is 0.203 e. The number of benzene rings is 1. The topological polar surface area (TPSA) is 73.9 Å². The number of aliphatic hydroxyl groups is 1. The molecule has 21 heavy (non-hydrogen) atoms. The van der Waals surface area contributed by atoms with Crippen LogP contribution < -0.4 is 19.9 Å². The monoisotopic (exact) mass is 317 g/mol. The lowest BCUT2D eigenvalue weighted by Crippen LogP contribution is -2.36. The van der Waals surface area contributed by atoms with Crippen LogP contribution in [0.2, 0.25) is 0 Å². The second kappa shape index (κ2) is 7.73. The number of methoxy groups -OCH3 is 3. The molecule has 0 spiro atoms. The van der Waals surface area contributed by atoms with E-state index in [1.54, 1.807) is 27.4 Å². The van der Waals surface area contributed by atoms with Gasteiger partial charge in [-0.1, -0.05) is 6.42 Å². The van der Waals surface area contributed by atoms with E-state index in [2.05, 4.69) is 0 Å². The molecular weight excluding hydrogens is 294 g/mol. The molecule has 1 aliphatic rings. The van der Waals surface area contributed by atoms with E-state index in [4.69, 9.17) is 19.9 Å². The van der Waals surface area contributed by atoms with Gasteiger partial charge in [-0.3, -0.25) is 0 Å². The van der Waals surface area contributed by atoms with E-state index in [0.717, 1.165) is 24.8 Å². The van der Waals surface area contributed by atoms with Crippen LogP contribution in [-0.4, -0.2) is 32.5 Å². The Morgan fingerprint density at radius 2 is 1.71 bits per heavy atom. The minimum absolute atomic E-state index is 0. The molecular formula is C15H24ClNO4. The summed E-state index contributed by atoms with van der Waals surface area (Å²) in [4.78, 5) is 0. The average Bonchev–Trinajstić information content (AvgIpc) is 2.42. The number of nitrogens with two attached hydrogens (primary N) is 1. The molecule has 5 nitrogen and oxygen atoms in total. The number of halogens is 1. The average molecular weight is 318 g/mol. The molecule has 2 rings (SSSR count). The van der Waals surface area contributed by atoms with Crippen LogP contribution in [-0.2, 0) is 0 Å². The van der Waals surface area contributed by atoms with E-state index in [-0.39, 0.29) is 18.3 Å². The molecule has 120 valence electrons. The Bertz CT molecular complexity index is 465. The predicted molar refractivity (Wildman–Crippen MR) is 83.6 cm³/mol. The van der Waals surface area contributed by atoms with E-state index in [1.165, 1.54) is 0 Å². The number of rotatable bonds is 6. The third-order valence-electron chi connectivity index (χ3n) is 4.09. The van der Waals surface area contributed by atoms with Crippen molar-refractivity contribution in [2.24, 2.45) is 11.7 Å². The van der Waals surface area contributed by atoms with Crippen molar-refractivity contribution in [2.45, 2.75) is 31.4 Å². The largest absolute Gasteiger partial charge is 0.493 e. The van der Waals surface area contributed by atoms with Crippen molar-refractivity contribution in [3.8, 4) is 17.2 Å². The number of hydrogen-bond donors (Lipinski definition) is 2. The summed E-state index contributed by atoms with van der Waals surface area (Å²) in [7, 11) is 4.68. The third kappa shape index (κ3) is 3.36. The van der Waals surface area contributed by atoms with Crippen molar-refractivity contribution in [2.75, 3.05) is 21.3 Å². The number of aliphatic hydroxyl groups excluding tert-OH is 1. The summed E-state index contributed by atoms with van der Waals surface area (Å²) in [6.45, 7) is 0. The quantitative estimate of drug-likeness (QED) is 0.842. The van der Waals surface area contributed by atoms with Gasteiger partial charge >= 0.3 is 0 Å². The molecule has 0 heterocycles. The fourth-order valence-electron chi connectivity index (χ4n) is 2.65. The molecule has 1 fully saturated rings. The van der Waals surface area contributed by atoms with Crippen molar-refractivity contribution in [1.29, 1.82) is 0 Å². The first-order valence-corrected chi connectivity index (χ1v) is 6.86. The summed E-state index contributed by atoms with van der Waals surface area (Å²) in [5, 5.41) is 10.3. The first-order chi connectivity index (χ1) is 9.63. The van der Waals surface area contributed by atoms with Gasteiger partial charge in [0.25, 0.3) is 0 Å². The third-order valence-corrected chi connectivity index (χ3v) is 4.09. The molecule has 1 aliphatic carbocycles. The fourth-order valence-corrected chi connectivity index (χ4v) is 2.65. The summed E-state index contributed by atoms with van der Waals surface area (Å²) < 4.78 is 16.0. The lowest BCUT2D eigenvalue weighted by molar-refractivity contribution is 0.0406. The van der Waals surface area contributed by atoms with Gasteiger partial charge in [0.1, 0.15) is 0 Å². The summed E-state index contributed by atoms with van der Waals surface area (Å²) in [6, 6.07) is 3.12. The van der Waals surface area contributed by atoms with Gasteiger partial charge in [0.05, 0.1) is 33.5 Å². The van der Waals surface area contributed by atoms with Crippen molar-refractivity contribution in [1.82, 2.24) is 0 Å². The maximum Gasteiger partial charge on any atom is 0.203 e. The highest BCUT2D eigenvalue weighted by Crippen LogP contribution is 2.44. The summed E-state index contributed by atoms with van der Waals surface area (Å²) >= 11 is 0. The Morgan fingerprint density at radius 1 is 1.10 bits per heavy atom. The van der Waals surface area contributed by atoms with Gasteiger partial charge in [0.15, 0.2) is 11.5 Å². The SMILES string of the molecule is COc1ccc([C@@H](N)[C@@H](O)C2CCC2)c(OC)c1OC.Cl. The molecule has 3 N–H and O–H groups in total. The highest BCUT2D eigenvalue weighted by molar-refractivity contribution is 5.85. The van der Waals surface area contributed by atoms with Gasteiger partial charge in [-0.2, -0.15) is 0 Å². The van der Waals surface area contributed by atoms with Gasteiger partial charge in [0.2, 0.25) is 5.75 Å². The van der Waals surface area contributed by atoms with Gasteiger partial charge in [-0.15, -0.1) is 12.4 Å². The van der Waals surface area contributed by atoms with Crippen molar-refractivity contribution >= 4 is 12.4 Å². The van der Waals surface area contributed by atoms with Crippen LogP contribution in [0.15, 0.2) is 12.1 Å². The van der Waals surface area contributed by atoms with Crippen LogP contribution in [0.5, 0.6) is 17.2 Å². The zero-order valence-electron chi connectivity index (χ0n) is 12.7. The molecule has 0 unspecified atom stereocenters. The first kappa shape index (κ1) is 17.9. The Labute approximate surface area is 131 Å². The van der Waals surface area contributed by atoms with Crippen LogP contribution in [0, 0.1) is 5.92 Å². The van der Waals surface area contributed by atoms with E-state index in [0.29, 0.717) is 17.2 Å². The predicted octanol–water partition coefficient (Wildman–Crippen LogP) is 2.30. The molecule has 0 amide bonds. The minimum Gasteiger partial charge on any atom is -0.493 e. The highest BCUT2D eigenvalue weighted by atomic mass is 35.5. The molecule has 0 radical (unpaired) electrons. The Kier molecular flexibility index (Phi) is 6.58. The Hall–Kier alpha value is -1.17. The van der Waals surface area contributed by atoms with Crippen molar-refractivity contribution in [3.05, 3.63) is 17.7 Å². The zero-order valence-corrected chi connectivity index (χ0v) is 13.5. The molecule has 2 atom stereocenters. The number of hydrogen-bond acceptors (Lipinski definition) is 5. The maximum absolute atomic E-state index is 10.3. The van der Waals surface area contributed by atoms with Gasteiger partial charge < -0.3 is 25.1 Å². The minimum atomic E-state index is -0.559. The van der Waals surface area contributed by atoms with E-state index in [9.17, 15) is 5.11 Å². The van der Waals surface area contributed by atoms with Gasteiger partial charge in [-0.25, -0.2) is 0 Å². The molecule has 0 aromatic heterocycles. The number of ether oxygens (including phenoxy) is 3. The lowest BCUT2D eigenvalue weighted by Gasteiger charge is -2.34. The Morgan fingerprint density at radius 3 is 2.14 bits per heavy atom. The van der Waals surface area contributed by atoms with E-state index < -0.39 is 12.1 Å². The lowest BCUT2D eigenvalue weighted by atomic mass is 9.77. The molecule has 1 aromatic rings. The molecule has 0 saturated heterocycles. The molecule has 0 bridgehead atoms. The summed E-state index contributed by atoms with van der Waals surface area (Å²) in [6.07, 6.45) is 2.67. The summed E-state index contributed by atoms with van der Waals surface area (Å²) in [5.41, 5.74) is 6.95. The molecule has 0 aliphatic heterocycles.